The van der Waals surface area contributed by atoms with Crippen molar-refractivity contribution in [2.75, 3.05) is 6.61 Å². The SMILES string of the molecule is CC(C)COc1ccc(F)cc1Cn1ncc2c(C(=O)[O-])cccc21.[Na+]. The molecule has 2 aromatic carbocycles. The molecular formula is C19H18FN2NaO3. The zero-order chi connectivity index (χ0) is 18.0. The summed E-state index contributed by atoms with van der Waals surface area (Å²) in [6, 6.07) is 9.24. The largest absolute Gasteiger partial charge is 1.00 e. The van der Waals surface area contributed by atoms with Crippen molar-refractivity contribution in [3.63, 3.8) is 0 Å². The first-order valence-electron chi connectivity index (χ1n) is 8.03. The number of hydrogen-bond donors (Lipinski definition) is 0. The van der Waals surface area contributed by atoms with Crippen molar-refractivity contribution in [3.8, 4) is 5.75 Å². The number of carboxylic acids is 1. The van der Waals surface area contributed by atoms with Crippen LogP contribution in [0.5, 0.6) is 5.75 Å². The number of benzene rings is 2. The third-order valence-electron chi connectivity index (χ3n) is 3.82. The molecule has 3 aromatic rings. The Labute approximate surface area is 173 Å². The van der Waals surface area contributed by atoms with E-state index in [-0.39, 0.29) is 47.5 Å². The number of hydrogen-bond acceptors (Lipinski definition) is 4. The van der Waals surface area contributed by atoms with Gasteiger partial charge in [0.2, 0.25) is 0 Å². The molecule has 1 heterocycles. The number of rotatable bonds is 6. The van der Waals surface area contributed by atoms with Crippen molar-refractivity contribution < 1.29 is 48.6 Å². The summed E-state index contributed by atoms with van der Waals surface area (Å²) in [5.74, 6) is -0.681. The minimum atomic E-state index is -1.25. The molecule has 5 nitrogen and oxygen atoms in total. The molecule has 0 N–H and O–H groups in total. The number of carbonyl (C=O) groups excluding carboxylic acids is 1. The van der Waals surface area contributed by atoms with Gasteiger partial charge in [-0.05, 0) is 30.2 Å². The van der Waals surface area contributed by atoms with Gasteiger partial charge in [-0.15, -0.1) is 0 Å². The molecule has 0 unspecified atom stereocenters. The van der Waals surface area contributed by atoms with Gasteiger partial charge in [0.1, 0.15) is 11.6 Å². The van der Waals surface area contributed by atoms with Gasteiger partial charge in [0.25, 0.3) is 0 Å². The molecule has 0 fully saturated rings. The van der Waals surface area contributed by atoms with Crippen LogP contribution in [0, 0.1) is 11.7 Å². The number of halogens is 1. The minimum absolute atomic E-state index is 0. The second kappa shape index (κ2) is 8.66. The Morgan fingerprint density at radius 1 is 1.31 bits per heavy atom. The molecular weight excluding hydrogens is 346 g/mol. The van der Waals surface area contributed by atoms with Crippen LogP contribution in [0.3, 0.4) is 0 Å². The van der Waals surface area contributed by atoms with E-state index in [1.165, 1.54) is 24.4 Å². The standard InChI is InChI=1S/C19H19FN2O3.Na/c1-12(2)11-25-18-7-6-14(20)8-13(18)10-22-17-5-3-4-15(19(23)24)16(17)9-21-22;/h3-9,12H,10-11H2,1-2H3,(H,23,24);/q;+1/p-1. The van der Waals surface area contributed by atoms with Crippen molar-refractivity contribution in [1.82, 2.24) is 9.78 Å². The predicted octanol–water partition coefficient (Wildman–Crippen LogP) is -0.374. The van der Waals surface area contributed by atoms with Gasteiger partial charge in [0.15, 0.2) is 0 Å². The van der Waals surface area contributed by atoms with E-state index < -0.39 is 5.97 Å². The van der Waals surface area contributed by atoms with Crippen LogP contribution in [-0.4, -0.2) is 22.4 Å². The smallest absolute Gasteiger partial charge is 0.545 e. The van der Waals surface area contributed by atoms with Gasteiger partial charge in [-0.3, -0.25) is 4.68 Å². The summed E-state index contributed by atoms with van der Waals surface area (Å²) >= 11 is 0. The Kier molecular flexibility index (Phi) is 6.81. The average molecular weight is 364 g/mol. The summed E-state index contributed by atoms with van der Waals surface area (Å²) < 4.78 is 21.1. The van der Waals surface area contributed by atoms with E-state index in [1.807, 2.05) is 13.8 Å². The first-order valence-corrected chi connectivity index (χ1v) is 8.03. The van der Waals surface area contributed by atoms with Crippen molar-refractivity contribution in [1.29, 1.82) is 0 Å². The quantitative estimate of drug-likeness (QED) is 0.560. The summed E-state index contributed by atoms with van der Waals surface area (Å²) in [4.78, 5) is 11.2. The topological polar surface area (TPSA) is 67.2 Å². The van der Waals surface area contributed by atoms with Crippen molar-refractivity contribution in [2.45, 2.75) is 20.4 Å². The van der Waals surface area contributed by atoms with E-state index in [2.05, 4.69) is 5.10 Å². The van der Waals surface area contributed by atoms with Crippen LogP contribution in [0.2, 0.25) is 0 Å². The average Bonchev–Trinajstić information content (AvgIpc) is 2.97. The van der Waals surface area contributed by atoms with E-state index in [0.717, 1.165) is 0 Å². The summed E-state index contributed by atoms with van der Waals surface area (Å²) in [5.41, 5.74) is 1.37. The minimum Gasteiger partial charge on any atom is -0.545 e. The van der Waals surface area contributed by atoms with Crippen LogP contribution in [0.15, 0.2) is 42.6 Å². The van der Waals surface area contributed by atoms with Gasteiger partial charge in [-0.2, -0.15) is 5.10 Å². The van der Waals surface area contributed by atoms with Gasteiger partial charge < -0.3 is 14.6 Å². The van der Waals surface area contributed by atoms with E-state index in [0.29, 0.717) is 34.7 Å². The van der Waals surface area contributed by atoms with Crippen LogP contribution in [0.4, 0.5) is 4.39 Å². The normalized spacial score (nSPS) is 10.8. The molecule has 0 aliphatic heterocycles. The van der Waals surface area contributed by atoms with Crippen LogP contribution in [0.1, 0.15) is 29.8 Å². The summed E-state index contributed by atoms with van der Waals surface area (Å²) in [6.07, 6.45) is 1.48. The Hall–Kier alpha value is -1.89. The van der Waals surface area contributed by atoms with E-state index in [1.54, 1.807) is 22.9 Å². The van der Waals surface area contributed by atoms with Crippen LogP contribution >= 0.6 is 0 Å². The fourth-order valence-corrected chi connectivity index (χ4v) is 2.64. The molecule has 0 bridgehead atoms. The molecule has 0 aliphatic rings. The number of fused-ring (bicyclic) bond motifs is 1. The van der Waals surface area contributed by atoms with Gasteiger partial charge in [0, 0.05) is 16.5 Å². The first-order chi connectivity index (χ1) is 12.0. The Morgan fingerprint density at radius 2 is 2.08 bits per heavy atom. The van der Waals surface area contributed by atoms with Crippen molar-refractivity contribution in [2.24, 2.45) is 5.92 Å². The molecule has 0 radical (unpaired) electrons. The number of aromatic nitrogens is 2. The molecule has 3 rings (SSSR count). The molecule has 0 spiro atoms. The van der Waals surface area contributed by atoms with Gasteiger partial charge in [-0.1, -0.05) is 26.0 Å². The monoisotopic (exact) mass is 364 g/mol. The third kappa shape index (κ3) is 4.44. The second-order valence-electron chi connectivity index (χ2n) is 6.28. The van der Waals surface area contributed by atoms with Crippen molar-refractivity contribution >= 4 is 16.9 Å². The zero-order valence-electron chi connectivity index (χ0n) is 15.0. The first kappa shape index (κ1) is 20.4. The van der Waals surface area contributed by atoms with Gasteiger partial charge in [0.05, 0.1) is 30.8 Å². The van der Waals surface area contributed by atoms with E-state index in [9.17, 15) is 14.3 Å². The van der Waals surface area contributed by atoms with E-state index >= 15 is 0 Å². The summed E-state index contributed by atoms with van der Waals surface area (Å²) in [6.45, 7) is 4.86. The molecule has 7 heteroatoms. The van der Waals surface area contributed by atoms with Gasteiger partial charge >= 0.3 is 29.6 Å². The predicted molar refractivity (Wildman–Crippen MR) is 89.9 cm³/mol. The molecule has 26 heavy (non-hydrogen) atoms. The summed E-state index contributed by atoms with van der Waals surface area (Å²) in [7, 11) is 0. The maximum absolute atomic E-state index is 13.7. The summed E-state index contributed by atoms with van der Waals surface area (Å²) in [5, 5.41) is 15.9. The molecule has 130 valence electrons. The van der Waals surface area contributed by atoms with Crippen LogP contribution in [-0.2, 0) is 6.54 Å². The number of ether oxygens (including phenoxy) is 1. The molecule has 0 atom stereocenters. The molecule has 0 saturated heterocycles. The van der Waals surface area contributed by atoms with Gasteiger partial charge in [-0.25, -0.2) is 4.39 Å². The Balaban J connectivity index is 0.00000243. The zero-order valence-corrected chi connectivity index (χ0v) is 17.0. The van der Waals surface area contributed by atoms with E-state index in [4.69, 9.17) is 4.74 Å². The fraction of sp³-hybridized carbons (Fsp3) is 0.263. The Morgan fingerprint density at radius 3 is 2.77 bits per heavy atom. The third-order valence-corrected chi connectivity index (χ3v) is 3.82. The maximum atomic E-state index is 13.7. The second-order valence-corrected chi connectivity index (χ2v) is 6.28. The number of aromatic carboxylic acids is 1. The molecule has 0 saturated carbocycles. The molecule has 1 aromatic heterocycles. The molecule has 0 amide bonds. The number of carboxylic acid groups (broad SMARTS) is 1. The number of carbonyl (C=O) groups is 1. The van der Waals surface area contributed by atoms with Crippen molar-refractivity contribution in [3.05, 3.63) is 59.5 Å². The fourth-order valence-electron chi connectivity index (χ4n) is 2.64. The Bertz CT molecular complexity index is 924. The molecule has 0 aliphatic carbocycles. The maximum Gasteiger partial charge on any atom is 1.00 e. The van der Waals surface area contributed by atoms with Crippen LogP contribution in [0.25, 0.3) is 10.9 Å². The van der Waals surface area contributed by atoms with Crippen LogP contribution < -0.4 is 39.4 Å². The number of nitrogens with zero attached hydrogens (tertiary/aromatic N) is 2.